The number of alkyl carbamates (subject to hydrolysis) is 2. The van der Waals surface area contributed by atoms with Crippen LogP contribution < -0.4 is 44.2 Å². The molecule has 5 atom stereocenters. The maximum Gasteiger partial charge on any atom is 0.408 e. The molecule has 0 aromatic heterocycles. The van der Waals surface area contributed by atoms with Crippen LogP contribution in [0, 0.1) is 5.41 Å². The van der Waals surface area contributed by atoms with E-state index in [0.29, 0.717) is 50.5 Å². The molecule has 4 aromatic rings. The molecule has 0 aliphatic rings. The third-order valence-electron chi connectivity index (χ3n) is 11.8. The Bertz CT molecular complexity index is 2660. The zero-order valence-electron chi connectivity index (χ0n) is 47.6. The lowest BCUT2D eigenvalue weighted by Crippen LogP contribution is -2.52. The summed E-state index contributed by atoms with van der Waals surface area (Å²) in [5.41, 5.74) is 25.1. The van der Waals surface area contributed by atoms with E-state index in [4.69, 9.17) is 42.9 Å². The van der Waals surface area contributed by atoms with Gasteiger partial charge in [0, 0.05) is 24.8 Å². The minimum Gasteiger partial charge on any atom is -0.480 e. The van der Waals surface area contributed by atoms with Crippen molar-refractivity contribution in [2.75, 3.05) is 0 Å². The van der Waals surface area contributed by atoms with Gasteiger partial charge in [-0.1, -0.05) is 115 Å². The molecular weight excluding hydrogens is 1040 g/mol. The molecule has 0 heterocycles. The van der Waals surface area contributed by atoms with Crippen molar-refractivity contribution < 1.29 is 57.7 Å². The summed E-state index contributed by atoms with van der Waals surface area (Å²) >= 11 is 0. The summed E-state index contributed by atoms with van der Waals surface area (Å²) in [6, 6.07) is 31.5. The largest absolute Gasteiger partial charge is 0.480 e. The lowest BCUT2D eigenvalue weighted by molar-refractivity contribution is -0.139. The number of nitrogens with two attached hydrogens (primary N) is 4. The average Bonchev–Trinajstić information content (AvgIpc) is 3.39. The number of nitrogens with one attached hydrogen (secondary N) is 5. The first-order chi connectivity index (χ1) is 38.0. The normalized spacial score (nSPS) is 12.7. The fourth-order valence-electron chi connectivity index (χ4n) is 7.54. The molecule has 0 aliphatic carbocycles. The van der Waals surface area contributed by atoms with E-state index in [1.807, 2.05) is 91.0 Å². The van der Waals surface area contributed by atoms with Crippen molar-refractivity contribution in [1.82, 2.24) is 21.3 Å². The van der Waals surface area contributed by atoms with Crippen molar-refractivity contribution in [2.45, 2.75) is 167 Å². The summed E-state index contributed by atoms with van der Waals surface area (Å²) in [7, 11) is 0. The molecule has 0 fully saturated rings. The van der Waals surface area contributed by atoms with Gasteiger partial charge in [0.2, 0.25) is 23.6 Å². The summed E-state index contributed by atoms with van der Waals surface area (Å²) in [5.74, 6) is -3.60. The number of hydrogen-bond donors (Lipinski definition) is 10. The molecule has 21 nitrogen and oxygen atoms in total. The molecule has 440 valence electrons. The van der Waals surface area contributed by atoms with Crippen LogP contribution in [0.25, 0.3) is 0 Å². The average molecular weight is 1120 g/mol. The first-order valence-electron chi connectivity index (χ1n) is 26.7. The number of nitrogen functional groups attached to an aromatic ring is 1. The maximum atomic E-state index is 12.8. The van der Waals surface area contributed by atoms with E-state index in [1.54, 1.807) is 65.8 Å². The van der Waals surface area contributed by atoms with E-state index >= 15 is 0 Å². The van der Waals surface area contributed by atoms with Gasteiger partial charge in [0.1, 0.15) is 29.1 Å². The number of amidine groups is 1. The van der Waals surface area contributed by atoms with Crippen molar-refractivity contribution in [3.05, 3.63) is 143 Å². The molecule has 14 N–H and O–H groups in total. The van der Waals surface area contributed by atoms with Gasteiger partial charge >= 0.3 is 18.2 Å². The molecule has 0 unspecified atom stereocenters. The molecule has 4 aromatic carbocycles. The Kier molecular flexibility index (Phi) is 29.8. The Labute approximate surface area is 474 Å². The standard InChI is InChI=1S/C24H31N5O3.C21H31N3O5.C15H21NO4/c25-19(12-8-16-4-2-1-3-5-16)24(32)29-20(13-15-22(26)31)21(30)14-9-17-6-10-18(11-7-17)23(27)28;1-14(25)16(12-13-18(22)26)23-19(27)17(24-20(28)29-21(2,3)4)11-10-15-8-6-5-7-9-15;1-15(2,3)20-14(19)16-12(13(17)18)10-9-11-7-5-4-6-8-11/h1-7,10-11,19-20H,8-9,12-15,25H2,(H2,26,31)(H3,27,28)(H,29,32);5-9,16-17H,10-13H2,1-4H3,(H2,22,26)(H,23,27)(H,24,28);4-8,12H,9-10H2,1-3H3,(H,16,19)(H,17,18)/t19-,20+;16-,17+;12-/m101/s1. The number of ketones is 2. The first-order valence-corrected chi connectivity index (χ1v) is 26.7. The highest BCUT2D eigenvalue weighted by molar-refractivity contribution is 5.95. The van der Waals surface area contributed by atoms with Crippen LogP contribution in [-0.4, -0.2) is 106 Å². The summed E-state index contributed by atoms with van der Waals surface area (Å²) in [6.45, 7) is 11.7. The lowest BCUT2D eigenvalue weighted by Gasteiger charge is -2.25. The molecule has 0 radical (unpaired) electrons. The number of rotatable bonds is 28. The summed E-state index contributed by atoms with van der Waals surface area (Å²) in [5, 5.41) is 26.8. The number of benzene rings is 4. The predicted molar refractivity (Wildman–Crippen MR) is 308 cm³/mol. The van der Waals surface area contributed by atoms with Gasteiger partial charge in [0.15, 0.2) is 11.6 Å². The highest BCUT2D eigenvalue weighted by Crippen LogP contribution is 2.14. The van der Waals surface area contributed by atoms with Gasteiger partial charge in [-0.15, -0.1) is 0 Å². The minimum atomic E-state index is -1.06. The zero-order chi connectivity index (χ0) is 60.7. The molecule has 0 aliphatic heterocycles. The number of carbonyl (C=O) groups is 9. The third-order valence-corrected chi connectivity index (χ3v) is 11.8. The van der Waals surface area contributed by atoms with Crippen LogP contribution in [0.5, 0.6) is 0 Å². The number of carboxylic acid groups (broad SMARTS) is 1. The van der Waals surface area contributed by atoms with Crippen LogP contribution in [0.15, 0.2) is 115 Å². The van der Waals surface area contributed by atoms with Gasteiger partial charge in [-0.3, -0.25) is 34.2 Å². The van der Waals surface area contributed by atoms with Crippen LogP contribution >= 0.6 is 0 Å². The van der Waals surface area contributed by atoms with Crippen molar-refractivity contribution in [2.24, 2.45) is 22.9 Å². The molecule has 6 amide bonds. The number of carboxylic acids is 1. The molecule has 0 saturated carbocycles. The Morgan fingerprint density at radius 1 is 0.481 bits per heavy atom. The molecular formula is C60H83N9O12. The maximum absolute atomic E-state index is 12.8. The van der Waals surface area contributed by atoms with Gasteiger partial charge in [0.25, 0.3) is 0 Å². The topological polar surface area (TPSA) is 368 Å². The van der Waals surface area contributed by atoms with Gasteiger partial charge in [-0.05, 0) is 129 Å². The van der Waals surface area contributed by atoms with Crippen LogP contribution in [0.4, 0.5) is 9.59 Å². The third kappa shape index (κ3) is 31.1. The van der Waals surface area contributed by atoms with Crippen LogP contribution in [0.3, 0.4) is 0 Å². The second kappa shape index (κ2) is 35.2. The van der Waals surface area contributed by atoms with E-state index < -0.39 is 83.2 Å². The Morgan fingerprint density at radius 3 is 1.26 bits per heavy atom. The van der Waals surface area contributed by atoms with Crippen LogP contribution in [0.1, 0.15) is 128 Å². The fraction of sp³-hybridized carbons (Fsp3) is 0.433. The van der Waals surface area contributed by atoms with Crippen molar-refractivity contribution in [3.63, 3.8) is 0 Å². The minimum absolute atomic E-state index is 0.0107. The summed E-state index contributed by atoms with van der Waals surface area (Å²) < 4.78 is 10.3. The Hall–Kier alpha value is -8.46. The predicted octanol–water partition coefficient (Wildman–Crippen LogP) is 5.63. The number of carbonyl (C=O) groups excluding carboxylic acids is 8. The van der Waals surface area contributed by atoms with Crippen molar-refractivity contribution in [3.8, 4) is 0 Å². The smallest absolute Gasteiger partial charge is 0.408 e. The number of aliphatic carboxylic acids is 1. The number of primary amides is 2. The summed E-state index contributed by atoms with van der Waals surface area (Å²) in [4.78, 5) is 107. The van der Waals surface area contributed by atoms with E-state index in [9.17, 15) is 43.2 Å². The van der Waals surface area contributed by atoms with Gasteiger partial charge in [0.05, 0.1) is 18.1 Å². The van der Waals surface area contributed by atoms with Gasteiger partial charge in [-0.2, -0.15) is 0 Å². The zero-order valence-corrected chi connectivity index (χ0v) is 47.6. The summed E-state index contributed by atoms with van der Waals surface area (Å²) in [6.07, 6.45) is 2.25. The number of hydrogen-bond acceptors (Lipinski definition) is 13. The Balaban J connectivity index is 0.000000426. The molecule has 21 heteroatoms. The number of ether oxygens (including phenoxy) is 2. The lowest BCUT2D eigenvalue weighted by atomic mass is 9.98. The Morgan fingerprint density at radius 2 is 0.864 bits per heavy atom. The number of aryl methyl sites for hydroxylation is 4. The van der Waals surface area contributed by atoms with Crippen LogP contribution in [0.2, 0.25) is 0 Å². The van der Waals surface area contributed by atoms with E-state index in [-0.39, 0.29) is 49.5 Å². The second-order valence-electron chi connectivity index (χ2n) is 21.2. The molecule has 0 bridgehead atoms. The molecule has 0 spiro atoms. The fourth-order valence-corrected chi connectivity index (χ4v) is 7.54. The van der Waals surface area contributed by atoms with E-state index in [0.717, 1.165) is 22.3 Å². The van der Waals surface area contributed by atoms with Crippen molar-refractivity contribution in [1.29, 1.82) is 5.41 Å². The van der Waals surface area contributed by atoms with E-state index in [2.05, 4.69) is 21.3 Å². The second-order valence-corrected chi connectivity index (χ2v) is 21.2. The number of amides is 6. The first kappa shape index (κ1) is 68.6. The molecule has 0 saturated heterocycles. The highest BCUT2D eigenvalue weighted by atomic mass is 16.6. The van der Waals surface area contributed by atoms with Crippen LogP contribution in [-0.2, 0) is 68.7 Å². The van der Waals surface area contributed by atoms with Gasteiger partial charge in [-0.25, -0.2) is 14.4 Å². The molecule has 81 heavy (non-hydrogen) atoms. The number of Topliss-reactive ketones (excluding diaryl/α,β-unsaturated/α-hetero) is 2. The monoisotopic (exact) mass is 1120 g/mol. The van der Waals surface area contributed by atoms with E-state index in [1.165, 1.54) is 6.92 Å². The highest BCUT2D eigenvalue weighted by Gasteiger charge is 2.29. The molecule has 4 rings (SSSR count). The van der Waals surface area contributed by atoms with Crippen molar-refractivity contribution >= 4 is 59.2 Å². The quantitative estimate of drug-likeness (QED) is 0.0243. The van der Waals surface area contributed by atoms with Gasteiger partial charge < -0.3 is 58.8 Å². The SMILES string of the molecule is CC(=O)[C@H](CCC(N)=O)NC(=O)[C@@H](CCc1ccccc1)NC(=O)OC(C)(C)C.CC(C)(C)OC(=O)N[C@H](CCc1ccccc1)C(=O)O.N=C(N)c1ccc(CCC(=O)[C@H](CCC(N)=O)NC(=O)[C@H](N)CCc2ccccc2)cc1.